The molecule has 3 rings (SSSR count). The first kappa shape index (κ1) is 14.3. The molecule has 2 aromatic heterocycles. The third kappa shape index (κ3) is 2.83. The Hall–Kier alpha value is -2.69. The van der Waals surface area contributed by atoms with Gasteiger partial charge in [0, 0.05) is 30.5 Å². The maximum atomic E-state index is 12.2. The topological polar surface area (TPSA) is 59.8 Å². The van der Waals surface area contributed by atoms with Crippen LogP contribution in [0, 0.1) is 0 Å². The van der Waals surface area contributed by atoms with E-state index in [9.17, 15) is 4.79 Å². The molecular weight excluding hydrogens is 276 g/mol. The van der Waals surface area contributed by atoms with Gasteiger partial charge in [-0.25, -0.2) is 4.98 Å². The second-order valence-corrected chi connectivity index (χ2v) is 5.49. The van der Waals surface area contributed by atoms with Gasteiger partial charge < -0.3 is 9.88 Å². The van der Waals surface area contributed by atoms with Crippen LogP contribution in [0.15, 0.2) is 49.1 Å². The predicted molar refractivity (Wildman–Crippen MR) is 85.5 cm³/mol. The number of amides is 1. The monoisotopic (exact) mass is 294 g/mol. The van der Waals surface area contributed by atoms with E-state index >= 15 is 0 Å². The zero-order chi connectivity index (χ0) is 15.5. The second kappa shape index (κ2) is 5.97. The molecule has 0 radical (unpaired) electrons. The van der Waals surface area contributed by atoms with Gasteiger partial charge in [0.25, 0.3) is 5.91 Å². The van der Waals surface area contributed by atoms with Crippen molar-refractivity contribution in [2.24, 2.45) is 0 Å². The van der Waals surface area contributed by atoms with E-state index in [1.807, 2.05) is 36.7 Å². The van der Waals surface area contributed by atoms with Crippen LogP contribution in [0.1, 0.15) is 35.8 Å². The van der Waals surface area contributed by atoms with Crippen molar-refractivity contribution in [1.29, 1.82) is 0 Å². The lowest BCUT2D eigenvalue weighted by atomic mass is 10.1. The lowest BCUT2D eigenvalue weighted by molar-refractivity contribution is 0.0951. The van der Waals surface area contributed by atoms with Crippen molar-refractivity contribution in [1.82, 2.24) is 19.9 Å². The highest BCUT2D eigenvalue weighted by Crippen LogP contribution is 2.18. The summed E-state index contributed by atoms with van der Waals surface area (Å²) in [6, 6.07) is 9.73. The molecule has 0 bridgehead atoms. The molecule has 0 aliphatic carbocycles. The standard InChI is InChI=1S/C17H18N4O/c1-12(2)21-11-20-15-8-14(5-6-16(15)21)17(22)19-10-13-4-3-7-18-9-13/h3-9,11-12H,10H2,1-2H3,(H,19,22). The van der Waals surface area contributed by atoms with Gasteiger partial charge in [0.2, 0.25) is 0 Å². The number of fused-ring (bicyclic) bond motifs is 1. The van der Waals surface area contributed by atoms with Gasteiger partial charge in [0.15, 0.2) is 0 Å². The summed E-state index contributed by atoms with van der Waals surface area (Å²) in [5, 5.41) is 2.90. The fourth-order valence-electron chi connectivity index (χ4n) is 2.37. The predicted octanol–water partition coefficient (Wildman–Crippen LogP) is 2.94. The zero-order valence-corrected chi connectivity index (χ0v) is 12.7. The molecule has 22 heavy (non-hydrogen) atoms. The van der Waals surface area contributed by atoms with Gasteiger partial charge in [-0.05, 0) is 43.7 Å². The van der Waals surface area contributed by atoms with Crippen LogP contribution in [-0.2, 0) is 6.54 Å². The molecule has 0 saturated heterocycles. The number of nitrogens with zero attached hydrogens (tertiary/aromatic N) is 3. The molecule has 0 atom stereocenters. The molecule has 0 saturated carbocycles. The first-order valence-corrected chi connectivity index (χ1v) is 7.29. The Labute approximate surface area is 129 Å². The molecule has 3 aromatic rings. The van der Waals surface area contributed by atoms with E-state index in [2.05, 4.69) is 33.7 Å². The van der Waals surface area contributed by atoms with Crippen LogP contribution in [0.2, 0.25) is 0 Å². The molecule has 0 unspecified atom stereocenters. The third-order valence-corrected chi connectivity index (χ3v) is 3.57. The first-order valence-electron chi connectivity index (χ1n) is 7.29. The minimum absolute atomic E-state index is 0.107. The van der Waals surface area contributed by atoms with Gasteiger partial charge in [-0.3, -0.25) is 9.78 Å². The number of aromatic nitrogens is 3. The molecular formula is C17H18N4O. The molecule has 2 heterocycles. The molecule has 0 fully saturated rings. The van der Waals surface area contributed by atoms with Crippen LogP contribution >= 0.6 is 0 Å². The molecule has 5 nitrogen and oxygen atoms in total. The van der Waals surface area contributed by atoms with Gasteiger partial charge in [-0.2, -0.15) is 0 Å². The van der Waals surface area contributed by atoms with Crippen molar-refractivity contribution in [2.45, 2.75) is 26.4 Å². The van der Waals surface area contributed by atoms with Crippen molar-refractivity contribution in [2.75, 3.05) is 0 Å². The fraction of sp³-hybridized carbons (Fsp3) is 0.235. The molecule has 1 N–H and O–H groups in total. The number of carbonyl (C=O) groups is 1. The molecule has 112 valence electrons. The van der Waals surface area contributed by atoms with E-state index in [0.717, 1.165) is 16.6 Å². The lowest BCUT2D eigenvalue weighted by Crippen LogP contribution is -2.22. The average Bonchev–Trinajstić information content (AvgIpc) is 2.97. The summed E-state index contributed by atoms with van der Waals surface area (Å²) in [7, 11) is 0. The zero-order valence-electron chi connectivity index (χ0n) is 12.7. The Morgan fingerprint density at radius 2 is 2.18 bits per heavy atom. The first-order chi connectivity index (χ1) is 10.6. The Morgan fingerprint density at radius 1 is 1.32 bits per heavy atom. The highest BCUT2D eigenvalue weighted by Gasteiger charge is 2.10. The van der Waals surface area contributed by atoms with Crippen LogP contribution < -0.4 is 5.32 Å². The summed E-state index contributed by atoms with van der Waals surface area (Å²) >= 11 is 0. The summed E-state index contributed by atoms with van der Waals surface area (Å²) in [4.78, 5) is 20.6. The van der Waals surface area contributed by atoms with E-state index < -0.39 is 0 Å². The van der Waals surface area contributed by atoms with Crippen LogP contribution in [0.4, 0.5) is 0 Å². The maximum Gasteiger partial charge on any atom is 0.251 e. The Kier molecular flexibility index (Phi) is 3.87. The van der Waals surface area contributed by atoms with Crippen LogP contribution in [0.3, 0.4) is 0 Å². The third-order valence-electron chi connectivity index (χ3n) is 3.57. The molecule has 1 aromatic carbocycles. The largest absolute Gasteiger partial charge is 0.348 e. The number of rotatable bonds is 4. The van der Waals surface area contributed by atoms with Gasteiger partial charge in [0.05, 0.1) is 17.4 Å². The Balaban J connectivity index is 1.77. The molecule has 0 aliphatic heterocycles. The summed E-state index contributed by atoms with van der Waals surface area (Å²) in [6.07, 6.45) is 5.27. The van der Waals surface area contributed by atoms with Gasteiger partial charge in [-0.15, -0.1) is 0 Å². The lowest BCUT2D eigenvalue weighted by Gasteiger charge is -2.08. The van der Waals surface area contributed by atoms with Crippen molar-refractivity contribution < 1.29 is 4.79 Å². The highest BCUT2D eigenvalue weighted by atomic mass is 16.1. The number of pyridine rings is 1. The van der Waals surface area contributed by atoms with Gasteiger partial charge >= 0.3 is 0 Å². The summed E-state index contributed by atoms with van der Waals surface area (Å²) in [6.45, 7) is 4.68. The SMILES string of the molecule is CC(C)n1cnc2cc(C(=O)NCc3cccnc3)ccc21. The number of imidazole rings is 1. The number of benzene rings is 1. The Morgan fingerprint density at radius 3 is 2.91 bits per heavy atom. The van der Waals surface area contributed by atoms with Gasteiger partial charge in [0.1, 0.15) is 0 Å². The molecule has 5 heteroatoms. The number of carbonyl (C=O) groups excluding carboxylic acids is 1. The average molecular weight is 294 g/mol. The van der Waals surface area contributed by atoms with Crippen LogP contribution in [-0.4, -0.2) is 20.4 Å². The fourth-order valence-corrected chi connectivity index (χ4v) is 2.37. The van der Waals surface area contributed by atoms with E-state index in [4.69, 9.17) is 0 Å². The summed E-state index contributed by atoms with van der Waals surface area (Å²) in [5.74, 6) is -0.107. The quantitative estimate of drug-likeness (QED) is 0.805. The number of hydrogen-bond acceptors (Lipinski definition) is 3. The van der Waals surface area contributed by atoms with Gasteiger partial charge in [-0.1, -0.05) is 6.07 Å². The van der Waals surface area contributed by atoms with Crippen molar-refractivity contribution >= 4 is 16.9 Å². The molecule has 1 amide bonds. The van der Waals surface area contributed by atoms with Crippen LogP contribution in [0.25, 0.3) is 11.0 Å². The smallest absolute Gasteiger partial charge is 0.251 e. The molecule has 0 aliphatic rings. The minimum Gasteiger partial charge on any atom is -0.348 e. The van der Waals surface area contributed by atoms with E-state index in [-0.39, 0.29) is 5.91 Å². The van der Waals surface area contributed by atoms with E-state index in [0.29, 0.717) is 18.2 Å². The summed E-state index contributed by atoms with van der Waals surface area (Å²) in [5.41, 5.74) is 3.47. The Bertz CT molecular complexity index is 793. The second-order valence-electron chi connectivity index (χ2n) is 5.49. The molecule has 0 spiro atoms. The van der Waals surface area contributed by atoms with E-state index in [1.54, 1.807) is 12.4 Å². The number of nitrogens with one attached hydrogen (secondary N) is 1. The minimum atomic E-state index is -0.107. The van der Waals surface area contributed by atoms with Crippen molar-refractivity contribution in [3.8, 4) is 0 Å². The van der Waals surface area contributed by atoms with Crippen LogP contribution in [0.5, 0.6) is 0 Å². The van der Waals surface area contributed by atoms with E-state index in [1.165, 1.54) is 0 Å². The van der Waals surface area contributed by atoms with Crippen molar-refractivity contribution in [3.05, 3.63) is 60.2 Å². The van der Waals surface area contributed by atoms with Crippen molar-refractivity contribution in [3.63, 3.8) is 0 Å². The summed E-state index contributed by atoms with van der Waals surface area (Å²) < 4.78 is 2.09. The normalized spacial score (nSPS) is 11.0. The highest BCUT2D eigenvalue weighted by molar-refractivity contribution is 5.97. The number of hydrogen-bond donors (Lipinski definition) is 1. The maximum absolute atomic E-state index is 12.2.